The van der Waals surface area contributed by atoms with Crippen molar-refractivity contribution >= 4 is 16.0 Å². The number of aromatic carboxylic acids is 1. The molecular weight excluding hydrogens is 353 g/mol. The Labute approximate surface area is 143 Å². The van der Waals surface area contributed by atoms with Crippen molar-refractivity contribution in [3.05, 3.63) is 41.0 Å². The number of aromatic nitrogens is 2. The molecule has 10 heteroatoms. The Hall–Kier alpha value is -2.46. The fourth-order valence-electron chi connectivity index (χ4n) is 2.90. The van der Waals surface area contributed by atoms with Gasteiger partial charge in [0.2, 0.25) is 10.0 Å². The molecule has 1 aromatic heterocycles. The Morgan fingerprint density at radius 2 is 2.12 bits per heavy atom. The lowest BCUT2D eigenvalue weighted by Gasteiger charge is -2.26. The molecule has 0 spiro atoms. The van der Waals surface area contributed by atoms with Gasteiger partial charge in [0, 0.05) is 37.8 Å². The maximum Gasteiger partial charge on any atom is 0.356 e. The monoisotopic (exact) mass is 369 g/mol. The number of nitrogens with zero attached hydrogens (tertiary/aromatic N) is 3. The lowest BCUT2D eigenvalue weighted by Crippen LogP contribution is -2.36. The van der Waals surface area contributed by atoms with Gasteiger partial charge in [0.05, 0.1) is 12.0 Å². The van der Waals surface area contributed by atoms with Crippen LogP contribution >= 0.6 is 0 Å². The first-order valence-corrected chi connectivity index (χ1v) is 8.81. The largest absolute Gasteiger partial charge is 0.494 e. The third-order valence-corrected chi connectivity index (χ3v) is 6.01. The Bertz CT molecular complexity index is 954. The van der Waals surface area contributed by atoms with Crippen molar-refractivity contribution < 1.29 is 27.4 Å². The molecule has 1 aliphatic heterocycles. The topological polar surface area (TPSA) is 102 Å². The fraction of sp³-hybridized carbons (Fsp3) is 0.333. The molecule has 0 radical (unpaired) electrons. The molecule has 8 nitrogen and oxygen atoms in total. The second-order valence-corrected chi connectivity index (χ2v) is 7.53. The SMILES string of the molecule is COc1ccc(S(=O)(=O)N2CCc3c(c(C(=O)O)nn3C)C2)cc1F. The van der Waals surface area contributed by atoms with E-state index in [2.05, 4.69) is 5.10 Å². The van der Waals surface area contributed by atoms with Gasteiger partial charge in [-0.3, -0.25) is 4.68 Å². The Kier molecular flexibility index (Phi) is 4.25. The van der Waals surface area contributed by atoms with Gasteiger partial charge in [-0.2, -0.15) is 9.40 Å². The number of halogens is 1. The van der Waals surface area contributed by atoms with Gasteiger partial charge in [-0.1, -0.05) is 0 Å². The summed E-state index contributed by atoms with van der Waals surface area (Å²) in [5, 5.41) is 13.2. The fourth-order valence-corrected chi connectivity index (χ4v) is 4.32. The van der Waals surface area contributed by atoms with E-state index in [0.29, 0.717) is 17.7 Å². The van der Waals surface area contributed by atoms with Gasteiger partial charge in [0.1, 0.15) is 0 Å². The highest BCUT2D eigenvalue weighted by molar-refractivity contribution is 7.89. The van der Waals surface area contributed by atoms with Crippen molar-refractivity contribution in [3.8, 4) is 5.75 Å². The number of carboxylic acid groups (broad SMARTS) is 1. The second-order valence-electron chi connectivity index (χ2n) is 5.59. The van der Waals surface area contributed by atoms with Crippen molar-refractivity contribution in [2.45, 2.75) is 17.9 Å². The van der Waals surface area contributed by atoms with Crippen LogP contribution in [0.2, 0.25) is 0 Å². The highest BCUT2D eigenvalue weighted by Crippen LogP contribution is 2.28. The van der Waals surface area contributed by atoms with Gasteiger partial charge in [0.15, 0.2) is 17.3 Å². The van der Waals surface area contributed by atoms with Crippen LogP contribution in [0.4, 0.5) is 4.39 Å². The van der Waals surface area contributed by atoms with E-state index in [1.54, 1.807) is 7.05 Å². The number of methoxy groups -OCH3 is 1. The molecule has 1 aromatic carbocycles. The average molecular weight is 369 g/mol. The van der Waals surface area contributed by atoms with Crippen molar-refractivity contribution in [2.75, 3.05) is 13.7 Å². The van der Waals surface area contributed by atoms with Crippen LogP contribution in [-0.4, -0.2) is 47.2 Å². The Morgan fingerprint density at radius 1 is 1.40 bits per heavy atom. The molecule has 0 saturated heterocycles. The maximum absolute atomic E-state index is 13.9. The molecule has 134 valence electrons. The summed E-state index contributed by atoms with van der Waals surface area (Å²) in [7, 11) is -1.07. The number of carboxylic acids is 1. The summed E-state index contributed by atoms with van der Waals surface area (Å²) in [6.07, 6.45) is 0.323. The predicted molar refractivity (Wildman–Crippen MR) is 84.4 cm³/mol. The second kappa shape index (κ2) is 6.12. The number of sulfonamides is 1. The number of benzene rings is 1. The zero-order chi connectivity index (χ0) is 18.4. The molecule has 0 fully saturated rings. The first kappa shape index (κ1) is 17.4. The van der Waals surface area contributed by atoms with Gasteiger partial charge >= 0.3 is 5.97 Å². The average Bonchev–Trinajstić information content (AvgIpc) is 2.91. The summed E-state index contributed by atoms with van der Waals surface area (Å²) in [4.78, 5) is 11.1. The standard InChI is InChI=1S/C15H16FN3O5S/c1-18-12-5-6-19(8-10(12)14(17-18)15(20)21)25(22,23)9-3-4-13(24-2)11(16)7-9/h3-4,7H,5-6,8H2,1-2H3,(H,20,21). The smallest absolute Gasteiger partial charge is 0.356 e. The molecule has 25 heavy (non-hydrogen) atoms. The van der Waals surface area contributed by atoms with Crippen molar-refractivity contribution in [1.29, 1.82) is 0 Å². The minimum Gasteiger partial charge on any atom is -0.494 e. The van der Waals surface area contributed by atoms with Crippen LogP contribution in [0.25, 0.3) is 0 Å². The zero-order valence-electron chi connectivity index (χ0n) is 13.6. The summed E-state index contributed by atoms with van der Waals surface area (Å²) in [5.41, 5.74) is 0.877. The number of rotatable bonds is 4. The molecule has 2 heterocycles. The Balaban J connectivity index is 1.98. The maximum atomic E-state index is 13.9. The van der Waals surface area contributed by atoms with E-state index in [4.69, 9.17) is 4.74 Å². The van der Waals surface area contributed by atoms with Gasteiger partial charge in [0.25, 0.3) is 0 Å². The minimum absolute atomic E-state index is 0.0553. The Morgan fingerprint density at radius 3 is 2.72 bits per heavy atom. The summed E-state index contributed by atoms with van der Waals surface area (Å²) < 4.78 is 46.8. The lowest BCUT2D eigenvalue weighted by molar-refractivity contribution is 0.0687. The van der Waals surface area contributed by atoms with E-state index in [1.807, 2.05) is 0 Å². The third-order valence-electron chi connectivity index (χ3n) is 4.17. The lowest BCUT2D eigenvalue weighted by atomic mass is 10.1. The molecule has 0 atom stereocenters. The third kappa shape index (κ3) is 2.87. The van der Waals surface area contributed by atoms with Crippen LogP contribution in [0, 0.1) is 5.82 Å². The summed E-state index contributed by atoms with van der Waals surface area (Å²) in [6.45, 7) is 0.0301. The summed E-state index contributed by atoms with van der Waals surface area (Å²) in [5.74, 6) is -2.05. The molecule has 1 N–H and O–H groups in total. The van der Waals surface area contributed by atoms with Crippen LogP contribution in [0.15, 0.2) is 23.1 Å². The van der Waals surface area contributed by atoms with E-state index in [1.165, 1.54) is 23.9 Å². The molecule has 0 amide bonds. The van der Waals surface area contributed by atoms with E-state index < -0.39 is 21.8 Å². The number of hydrogen-bond acceptors (Lipinski definition) is 5. The molecule has 3 rings (SSSR count). The summed E-state index contributed by atoms with van der Waals surface area (Å²) in [6, 6.07) is 3.39. The van der Waals surface area contributed by atoms with E-state index >= 15 is 0 Å². The van der Waals surface area contributed by atoms with Gasteiger partial charge < -0.3 is 9.84 Å². The van der Waals surface area contributed by atoms with Crippen LogP contribution < -0.4 is 4.74 Å². The van der Waals surface area contributed by atoms with E-state index in [-0.39, 0.29) is 29.4 Å². The highest BCUT2D eigenvalue weighted by Gasteiger charge is 2.33. The van der Waals surface area contributed by atoms with Crippen LogP contribution in [0.3, 0.4) is 0 Å². The summed E-state index contributed by atoms with van der Waals surface area (Å²) >= 11 is 0. The van der Waals surface area contributed by atoms with E-state index in [9.17, 15) is 22.7 Å². The predicted octanol–water partition coefficient (Wildman–Crippen LogP) is 1.01. The molecule has 2 aromatic rings. The van der Waals surface area contributed by atoms with Crippen molar-refractivity contribution in [3.63, 3.8) is 0 Å². The van der Waals surface area contributed by atoms with E-state index in [0.717, 1.165) is 10.4 Å². The molecule has 0 bridgehead atoms. The molecule has 1 aliphatic rings. The normalized spacial score (nSPS) is 15.0. The van der Waals surface area contributed by atoms with Gasteiger partial charge in [-0.25, -0.2) is 17.6 Å². The first-order valence-electron chi connectivity index (χ1n) is 7.37. The van der Waals surface area contributed by atoms with Gasteiger partial charge in [-0.05, 0) is 18.2 Å². The molecule has 0 saturated carbocycles. The molecule has 0 unspecified atom stereocenters. The van der Waals surface area contributed by atoms with Gasteiger partial charge in [-0.15, -0.1) is 0 Å². The minimum atomic E-state index is -3.98. The number of aryl methyl sites for hydroxylation is 1. The van der Waals surface area contributed by atoms with Crippen molar-refractivity contribution in [2.24, 2.45) is 7.05 Å². The number of ether oxygens (including phenoxy) is 1. The number of carbonyl (C=O) groups is 1. The first-order chi connectivity index (χ1) is 11.8. The number of fused-ring (bicyclic) bond motifs is 1. The van der Waals surface area contributed by atoms with Crippen LogP contribution in [0.1, 0.15) is 21.7 Å². The van der Waals surface area contributed by atoms with Crippen molar-refractivity contribution in [1.82, 2.24) is 14.1 Å². The molecule has 0 aliphatic carbocycles. The van der Waals surface area contributed by atoms with Crippen LogP contribution in [0.5, 0.6) is 5.75 Å². The highest BCUT2D eigenvalue weighted by atomic mass is 32.2. The number of hydrogen-bond donors (Lipinski definition) is 1. The van der Waals surface area contributed by atoms with Crippen LogP contribution in [-0.2, 0) is 30.0 Å². The quantitative estimate of drug-likeness (QED) is 0.863. The molecular formula is C15H16FN3O5S. The zero-order valence-corrected chi connectivity index (χ0v) is 14.4.